The number of hydrogen-bond acceptors (Lipinski definition) is 24. The predicted molar refractivity (Wildman–Crippen MR) is 286 cm³/mol. The molecule has 3 heterocycles. The van der Waals surface area contributed by atoms with Crippen molar-refractivity contribution in [3.05, 3.63) is 74.6 Å². The fraction of sp³-hybridized carbons (Fsp3) is 0.447. The number of carbonyl (C=O) groups is 10. The molecule has 0 saturated carbocycles. The van der Waals surface area contributed by atoms with Gasteiger partial charge in [0, 0.05) is 73.1 Å². The first-order valence-electron chi connectivity index (χ1n) is 24.3. The number of carboxylic acids is 3. The summed E-state index contributed by atoms with van der Waals surface area (Å²) >= 11 is 0. The van der Waals surface area contributed by atoms with Crippen molar-refractivity contribution >= 4 is 104 Å². The number of anilines is 2. The fourth-order valence-electron chi connectivity index (χ4n) is 8.19. The van der Waals surface area contributed by atoms with Crippen molar-refractivity contribution < 1.29 is 72.7 Å². The third-order valence-electron chi connectivity index (χ3n) is 12.4. The largest absolute Gasteiger partial charge is 0.481 e. The lowest BCUT2D eigenvalue weighted by molar-refractivity contribution is -0.143. The zero-order valence-electron chi connectivity index (χ0n) is 43.5. The number of rotatable bonds is 30. The topological polar surface area (TPSA) is 501 Å². The molecule has 2 aromatic heterocycles. The zero-order chi connectivity index (χ0) is 59.2. The van der Waals surface area contributed by atoms with E-state index in [1.165, 1.54) is 44.5 Å². The number of aliphatic carboxylic acids is 3. The molecule has 0 unspecified atom stereocenters. The van der Waals surface area contributed by atoms with Crippen LogP contribution < -0.4 is 60.4 Å². The quantitative estimate of drug-likeness (QED) is 0.0183. The highest BCUT2D eigenvalue weighted by atomic mass is 33.1. The molecule has 0 radical (unpaired) electrons. The summed E-state index contributed by atoms with van der Waals surface area (Å²) < 4.78 is 10.9. The Morgan fingerprint density at radius 1 is 0.900 bits per heavy atom. The number of amides is 5. The van der Waals surface area contributed by atoms with E-state index in [1.54, 1.807) is 18.7 Å². The van der Waals surface area contributed by atoms with E-state index in [1.807, 2.05) is 0 Å². The van der Waals surface area contributed by atoms with E-state index in [4.69, 9.17) is 32.4 Å². The van der Waals surface area contributed by atoms with Crippen LogP contribution >= 0.6 is 21.6 Å². The number of H-pyrrole nitrogens is 1. The molecule has 5 amide bonds. The maximum Gasteiger partial charge on any atom is 0.404 e. The lowest BCUT2D eigenvalue weighted by Gasteiger charge is -2.41. The van der Waals surface area contributed by atoms with E-state index < -0.39 is 132 Å². The summed E-state index contributed by atoms with van der Waals surface area (Å²) in [5.74, 6) is -10.5. The molecule has 18 N–H and O–H groups in total. The smallest absolute Gasteiger partial charge is 0.404 e. The number of Topliss-reactive ketones (excluding diaryl/α,β-unsaturated/α-hetero) is 2. The van der Waals surface area contributed by atoms with Gasteiger partial charge in [-0.15, -0.1) is 0 Å². The van der Waals surface area contributed by atoms with Gasteiger partial charge in [0.15, 0.2) is 11.2 Å². The number of aromatic nitrogens is 4. The number of primary amides is 1. The van der Waals surface area contributed by atoms with Crippen molar-refractivity contribution in [2.45, 2.75) is 82.5 Å². The Kier molecular flexibility index (Phi) is 21.8. The second-order valence-corrected chi connectivity index (χ2v) is 20.9. The first kappa shape index (κ1) is 62.4. The zero-order valence-corrected chi connectivity index (χ0v) is 45.1. The van der Waals surface area contributed by atoms with Gasteiger partial charge in [-0.25, -0.2) is 24.4 Å². The Morgan fingerprint density at radius 2 is 1.57 bits per heavy atom. The number of nitrogen functional groups attached to an aromatic ring is 1. The molecule has 432 valence electrons. The Hall–Kier alpha value is -8.40. The van der Waals surface area contributed by atoms with Crippen LogP contribution in [-0.2, 0) is 54.4 Å². The van der Waals surface area contributed by atoms with Gasteiger partial charge in [0.2, 0.25) is 35.2 Å². The van der Waals surface area contributed by atoms with E-state index in [9.17, 15) is 68.1 Å². The lowest BCUT2D eigenvalue weighted by atomic mass is 9.84. The highest BCUT2D eigenvalue weighted by Gasteiger charge is 2.57. The molecule has 1 aromatic carbocycles. The molecule has 0 fully saturated rings. The van der Waals surface area contributed by atoms with Crippen molar-refractivity contribution in [3.63, 3.8) is 0 Å². The van der Waals surface area contributed by atoms with Gasteiger partial charge in [-0.05, 0) is 51.5 Å². The maximum atomic E-state index is 14.1. The molecule has 0 saturated heterocycles. The molecule has 1 aliphatic carbocycles. The van der Waals surface area contributed by atoms with Crippen LogP contribution in [0.2, 0.25) is 0 Å². The Bertz CT molecular complexity index is 3030. The fourth-order valence-corrected chi connectivity index (χ4v) is 10.3. The van der Waals surface area contributed by atoms with Crippen LogP contribution in [0.4, 0.5) is 16.4 Å². The number of methoxy groups -OCH3 is 1. The van der Waals surface area contributed by atoms with Crippen LogP contribution in [0.3, 0.4) is 0 Å². The molecule has 5 rings (SSSR count). The average Bonchev–Trinajstić information content (AvgIpc) is 3.80. The summed E-state index contributed by atoms with van der Waals surface area (Å²) in [4.78, 5) is 156. The van der Waals surface area contributed by atoms with Crippen LogP contribution in [0.15, 0.2) is 57.8 Å². The summed E-state index contributed by atoms with van der Waals surface area (Å²) in [7, 11) is 3.50. The number of aromatic amines is 1. The molecular formula is C47H61N15O16S2. The van der Waals surface area contributed by atoms with Crippen LogP contribution in [0.1, 0.15) is 56.1 Å². The van der Waals surface area contributed by atoms with Gasteiger partial charge in [0.05, 0.1) is 42.2 Å². The summed E-state index contributed by atoms with van der Waals surface area (Å²) in [6, 6.07) is -1.11. The highest BCUT2D eigenvalue weighted by Crippen LogP contribution is 2.47. The first-order chi connectivity index (χ1) is 37.7. The minimum atomic E-state index is -1.83. The molecule has 0 spiro atoms. The van der Waals surface area contributed by atoms with E-state index >= 15 is 0 Å². The predicted octanol–water partition coefficient (Wildman–Crippen LogP) is -2.77. The number of benzene rings is 1. The van der Waals surface area contributed by atoms with Crippen molar-refractivity contribution in [3.8, 4) is 0 Å². The second kappa shape index (κ2) is 28.0. The number of hydrogen-bond donors (Lipinski definition) is 14. The van der Waals surface area contributed by atoms with Crippen LogP contribution in [0, 0.1) is 5.92 Å². The molecule has 3 aromatic rings. The Morgan fingerprint density at radius 3 is 2.20 bits per heavy atom. The summed E-state index contributed by atoms with van der Waals surface area (Å²) in [6.07, 6.45) is -1.56. The van der Waals surface area contributed by atoms with Crippen LogP contribution in [0.25, 0.3) is 11.2 Å². The summed E-state index contributed by atoms with van der Waals surface area (Å²) in [5, 5.41) is 44.2. The first-order valence-corrected chi connectivity index (χ1v) is 26.7. The number of nitrogens with one attached hydrogen (secondary N) is 7. The minimum absolute atomic E-state index is 0.0110. The van der Waals surface area contributed by atoms with Crippen molar-refractivity contribution in [1.29, 1.82) is 0 Å². The van der Waals surface area contributed by atoms with Gasteiger partial charge in [0.25, 0.3) is 11.5 Å². The number of allylic oxidation sites excluding steroid dienone is 2. The van der Waals surface area contributed by atoms with Gasteiger partial charge < -0.3 is 84.5 Å². The second-order valence-electron chi connectivity index (χ2n) is 18.3. The molecule has 1 aliphatic heterocycles. The van der Waals surface area contributed by atoms with Gasteiger partial charge in [-0.2, -0.15) is 4.98 Å². The van der Waals surface area contributed by atoms with E-state index in [2.05, 4.69) is 51.8 Å². The Labute approximate surface area is 462 Å². The van der Waals surface area contributed by atoms with Gasteiger partial charge >= 0.3 is 24.0 Å². The summed E-state index contributed by atoms with van der Waals surface area (Å²) in [6.45, 7) is 4.19. The van der Waals surface area contributed by atoms with Gasteiger partial charge in [0.1, 0.15) is 36.5 Å². The number of nitrogens with two attached hydrogens (primary N) is 4. The molecule has 80 heavy (non-hydrogen) atoms. The molecule has 0 bridgehead atoms. The number of ketones is 2. The molecule has 2 aliphatic rings. The third kappa shape index (κ3) is 16.1. The van der Waals surface area contributed by atoms with Crippen molar-refractivity contribution in [1.82, 2.24) is 51.4 Å². The SMILES string of the molecule is CO[C@@]1(C)[C@H](COC(N)=O)C2=C(C(=O)C(C)=C(NCCSSC[C@H](NC(=O)[C@H](CC(=O)O)NC(=O)[C@@H](N)CNC(=O)CC[C@@H](NC(=O)c3ccc(NCc4cnc5nc(N)[nH]c(=O)c5n4)cc3)C(=O)O)C(=O)O)C2=O)N1C[C@@H](C)N. The number of carboxylic acid groups (broad SMARTS) is 3. The highest BCUT2D eigenvalue weighted by molar-refractivity contribution is 8.76. The standard InChI is InChI=1S/C47H61N15O16S2/c1-20(48)17-62-35-32(25(18-78-46(51)76)47(62,3)77-4)37(67)33(21(2)36(35)66)52-11-12-79-80-19-29(44(74)75)59-41(70)28(13-31(64)65)58-40(69)26(49)16-54-30(63)10-9-27(43(72)73)57-39(68)22-5-7-23(8-6-22)53-14-24-15-55-38-34(56-24)42(71)61-45(50)60-38/h5-8,15,20,25-29,52-53H,9-14,16-19,48-49H2,1-4H3,(H2,51,76)(H,54,63)(H,57,68)(H,58,69)(H,59,70)(H,64,65)(H,72,73)(H,74,75)(H3,50,55,60,61,71)/t20-,25-,26+,27-,28+,29+,47+/m1/s1. The van der Waals surface area contributed by atoms with Gasteiger partial charge in [-0.1, -0.05) is 21.6 Å². The maximum absolute atomic E-state index is 14.1. The van der Waals surface area contributed by atoms with Crippen LogP contribution in [-0.4, -0.2) is 180 Å². The monoisotopic (exact) mass is 1160 g/mol. The van der Waals surface area contributed by atoms with E-state index in [0.29, 0.717) is 11.4 Å². The molecule has 31 nitrogen and oxygen atoms in total. The summed E-state index contributed by atoms with van der Waals surface area (Å²) in [5.41, 5.74) is 22.1. The van der Waals surface area contributed by atoms with Gasteiger partial charge in [-0.3, -0.25) is 43.3 Å². The van der Waals surface area contributed by atoms with E-state index in [-0.39, 0.29) is 83.0 Å². The van der Waals surface area contributed by atoms with Crippen LogP contribution in [0.5, 0.6) is 0 Å². The average molecular weight is 1160 g/mol. The minimum Gasteiger partial charge on any atom is -0.481 e. The molecule has 7 atom stereocenters. The van der Waals surface area contributed by atoms with Crippen molar-refractivity contribution in [2.75, 3.05) is 55.9 Å². The molecular weight excluding hydrogens is 1090 g/mol. The molecule has 33 heteroatoms. The number of nitrogens with zero attached hydrogens (tertiary/aromatic N) is 4. The third-order valence-corrected chi connectivity index (χ3v) is 14.8. The van der Waals surface area contributed by atoms with E-state index in [0.717, 1.165) is 21.6 Å². The number of ether oxygens (including phenoxy) is 2. The number of fused-ring (bicyclic) bond motifs is 1. The normalized spacial score (nSPS) is 17.8. The number of carbonyl (C=O) groups excluding carboxylic acids is 7. The lowest BCUT2D eigenvalue weighted by Crippen LogP contribution is -2.57. The van der Waals surface area contributed by atoms with Crippen molar-refractivity contribution in [2.24, 2.45) is 23.1 Å². The Balaban J connectivity index is 1.05.